The van der Waals surface area contributed by atoms with Crippen molar-refractivity contribution < 1.29 is 21.6 Å². The van der Waals surface area contributed by atoms with Crippen molar-refractivity contribution in [2.24, 2.45) is 0 Å². The molecule has 6 nitrogen and oxygen atoms in total. The lowest BCUT2D eigenvalue weighted by Gasteiger charge is -2.36. The summed E-state index contributed by atoms with van der Waals surface area (Å²) in [4.78, 5) is 8.27. The number of sulfone groups is 1. The minimum Gasteiger partial charge on any atom is -0.419 e. The molecule has 1 aliphatic heterocycles. The van der Waals surface area contributed by atoms with Crippen LogP contribution >= 0.6 is 0 Å². The van der Waals surface area contributed by atoms with Crippen LogP contribution in [0.4, 0.5) is 20.4 Å². The smallest absolute Gasteiger partial charge is 0.236 e. The van der Waals surface area contributed by atoms with E-state index in [0.717, 1.165) is 17.8 Å². The molecule has 0 amide bonds. The fourth-order valence-corrected chi connectivity index (χ4v) is 5.24. The van der Waals surface area contributed by atoms with Gasteiger partial charge in [-0.3, -0.25) is 0 Å². The third kappa shape index (κ3) is 4.26. The fourth-order valence-electron chi connectivity index (χ4n) is 3.92. The van der Waals surface area contributed by atoms with E-state index in [1.807, 2.05) is 35.2 Å². The molecular formula is C25H21F2N3O3S. The topological polar surface area (TPSA) is 66.7 Å². The average Bonchev–Trinajstić information content (AvgIpc) is 3.32. The van der Waals surface area contributed by atoms with Gasteiger partial charge in [0.05, 0.1) is 4.90 Å². The van der Waals surface area contributed by atoms with E-state index >= 15 is 0 Å². The highest BCUT2D eigenvalue weighted by Gasteiger charge is 2.33. The number of para-hydroxylation sites is 1. The summed E-state index contributed by atoms with van der Waals surface area (Å²) in [5.41, 5.74) is 1.54. The number of anilines is 2. The predicted molar refractivity (Wildman–Crippen MR) is 125 cm³/mol. The highest BCUT2D eigenvalue weighted by molar-refractivity contribution is 7.91. The standard InChI is InChI=1S/C25H21F2N3O3S/c26-19-8-6-18(7-9-19)23-28-24(34(31,32)22-12-10-20(27)11-13-22)25(33-23)30-16-14-29(15-17-30)21-4-2-1-3-5-21/h1-13H,14-17H2. The fraction of sp³-hybridized carbons (Fsp3) is 0.160. The molecule has 5 rings (SSSR count). The first-order valence-corrected chi connectivity index (χ1v) is 12.2. The van der Waals surface area contributed by atoms with Crippen LogP contribution in [-0.4, -0.2) is 39.6 Å². The number of halogens is 2. The summed E-state index contributed by atoms with van der Waals surface area (Å²) in [6.07, 6.45) is 0. The highest BCUT2D eigenvalue weighted by atomic mass is 32.2. The van der Waals surface area contributed by atoms with Gasteiger partial charge in [0.2, 0.25) is 26.6 Å². The van der Waals surface area contributed by atoms with Gasteiger partial charge in [0.15, 0.2) is 0 Å². The Morgan fingerprint density at radius 3 is 1.91 bits per heavy atom. The van der Waals surface area contributed by atoms with Gasteiger partial charge < -0.3 is 14.2 Å². The van der Waals surface area contributed by atoms with E-state index in [2.05, 4.69) is 9.88 Å². The molecule has 1 saturated heterocycles. The van der Waals surface area contributed by atoms with Crippen LogP contribution in [0.3, 0.4) is 0 Å². The molecule has 2 heterocycles. The van der Waals surface area contributed by atoms with Gasteiger partial charge in [-0.2, -0.15) is 4.98 Å². The third-order valence-corrected chi connectivity index (χ3v) is 7.41. The van der Waals surface area contributed by atoms with Gasteiger partial charge in [-0.15, -0.1) is 0 Å². The van der Waals surface area contributed by atoms with E-state index in [1.165, 1.54) is 36.4 Å². The van der Waals surface area contributed by atoms with Gasteiger partial charge in [0.1, 0.15) is 11.6 Å². The molecule has 0 saturated carbocycles. The molecule has 174 valence electrons. The number of nitrogens with zero attached hydrogens (tertiary/aromatic N) is 3. The lowest BCUT2D eigenvalue weighted by molar-refractivity contribution is 0.525. The van der Waals surface area contributed by atoms with Crippen molar-refractivity contribution in [1.29, 1.82) is 0 Å². The first-order chi connectivity index (χ1) is 16.4. The first kappa shape index (κ1) is 22.1. The maximum absolute atomic E-state index is 13.5. The number of benzene rings is 3. The summed E-state index contributed by atoms with van der Waals surface area (Å²) >= 11 is 0. The van der Waals surface area contributed by atoms with Gasteiger partial charge in [0.25, 0.3) is 0 Å². The zero-order chi connectivity index (χ0) is 23.7. The number of piperazine rings is 1. The van der Waals surface area contributed by atoms with Gasteiger partial charge >= 0.3 is 0 Å². The lowest BCUT2D eigenvalue weighted by Crippen LogP contribution is -2.46. The Morgan fingerprint density at radius 1 is 0.735 bits per heavy atom. The molecule has 1 aromatic heterocycles. The maximum atomic E-state index is 13.5. The summed E-state index contributed by atoms with van der Waals surface area (Å²) in [5, 5.41) is -0.244. The number of hydrogen-bond acceptors (Lipinski definition) is 6. The zero-order valence-corrected chi connectivity index (χ0v) is 18.9. The lowest BCUT2D eigenvalue weighted by atomic mass is 10.2. The second-order valence-corrected chi connectivity index (χ2v) is 9.77. The van der Waals surface area contributed by atoms with Crippen molar-refractivity contribution in [3.05, 3.63) is 90.5 Å². The van der Waals surface area contributed by atoms with Crippen LogP contribution < -0.4 is 9.80 Å². The van der Waals surface area contributed by atoms with Gasteiger partial charge in [-0.25, -0.2) is 17.2 Å². The van der Waals surface area contributed by atoms with Crippen LogP contribution in [0.1, 0.15) is 0 Å². The Kier molecular flexibility index (Phi) is 5.79. The Labute approximate surface area is 196 Å². The number of rotatable bonds is 5. The summed E-state index contributed by atoms with van der Waals surface area (Å²) in [6.45, 7) is 2.34. The summed E-state index contributed by atoms with van der Waals surface area (Å²) in [7, 11) is -4.10. The van der Waals surface area contributed by atoms with Crippen LogP contribution in [-0.2, 0) is 9.84 Å². The predicted octanol–water partition coefficient (Wildman–Crippen LogP) is 4.78. The Balaban J connectivity index is 1.52. The number of oxazole rings is 1. The van der Waals surface area contributed by atoms with Crippen molar-refractivity contribution in [1.82, 2.24) is 4.98 Å². The molecule has 0 bridgehead atoms. The molecule has 1 aliphatic rings. The highest BCUT2D eigenvalue weighted by Crippen LogP contribution is 2.35. The van der Waals surface area contributed by atoms with Crippen molar-refractivity contribution >= 4 is 21.4 Å². The molecule has 0 unspecified atom stereocenters. The van der Waals surface area contributed by atoms with Crippen molar-refractivity contribution in [3.8, 4) is 11.5 Å². The van der Waals surface area contributed by atoms with E-state index < -0.39 is 21.5 Å². The largest absolute Gasteiger partial charge is 0.419 e. The Hall–Kier alpha value is -3.72. The van der Waals surface area contributed by atoms with Crippen molar-refractivity contribution in [2.75, 3.05) is 36.0 Å². The summed E-state index contributed by atoms with van der Waals surface area (Å²) in [6, 6.07) is 20.0. The van der Waals surface area contributed by atoms with E-state index in [9.17, 15) is 17.2 Å². The Bertz CT molecular complexity index is 1380. The summed E-state index contributed by atoms with van der Waals surface area (Å²) in [5.74, 6) is -0.771. The van der Waals surface area contributed by atoms with Gasteiger partial charge in [-0.05, 0) is 60.7 Å². The van der Waals surface area contributed by atoms with Crippen molar-refractivity contribution in [2.45, 2.75) is 9.92 Å². The summed E-state index contributed by atoms with van der Waals surface area (Å²) < 4.78 is 59.7. The SMILES string of the molecule is O=S(=O)(c1ccc(F)cc1)c1nc(-c2ccc(F)cc2)oc1N1CCN(c2ccccc2)CC1. The first-order valence-electron chi connectivity index (χ1n) is 10.7. The molecule has 0 atom stereocenters. The van der Waals surface area contributed by atoms with Crippen LogP contribution in [0.15, 0.2) is 93.2 Å². The van der Waals surface area contributed by atoms with E-state index in [-0.39, 0.29) is 21.7 Å². The van der Waals surface area contributed by atoms with E-state index in [0.29, 0.717) is 31.7 Å². The quantitative estimate of drug-likeness (QED) is 0.382. The molecule has 4 aromatic rings. The average molecular weight is 482 g/mol. The molecule has 0 spiro atoms. The Morgan fingerprint density at radius 2 is 1.29 bits per heavy atom. The minimum atomic E-state index is -4.10. The molecule has 0 N–H and O–H groups in total. The van der Waals surface area contributed by atoms with Crippen LogP contribution in [0.25, 0.3) is 11.5 Å². The molecule has 0 radical (unpaired) electrons. The van der Waals surface area contributed by atoms with Crippen LogP contribution in [0.5, 0.6) is 0 Å². The molecule has 34 heavy (non-hydrogen) atoms. The van der Waals surface area contributed by atoms with Gasteiger partial charge in [0, 0.05) is 37.4 Å². The van der Waals surface area contributed by atoms with E-state index in [4.69, 9.17) is 4.42 Å². The van der Waals surface area contributed by atoms with Crippen LogP contribution in [0, 0.1) is 11.6 Å². The number of aromatic nitrogens is 1. The zero-order valence-electron chi connectivity index (χ0n) is 18.1. The minimum absolute atomic E-state index is 0.0705. The monoisotopic (exact) mass is 481 g/mol. The maximum Gasteiger partial charge on any atom is 0.236 e. The van der Waals surface area contributed by atoms with Crippen LogP contribution in [0.2, 0.25) is 0 Å². The normalized spacial score (nSPS) is 14.4. The van der Waals surface area contributed by atoms with E-state index in [1.54, 1.807) is 0 Å². The number of hydrogen-bond donors (Lipinski definition) is 0. The van der Waals surface area contributed by atoms with Crippen molar-refractivity contribution in [3.63, 3.8) is 0 Å². The second-order valence-electron chi connectivity index (χ2n) is 7.90. The molecular weight excluding hydrogens is 460 g/mol. The van der Waals surface area contributed by atoms with Gasteiger partial charge in [-0.1, -0.05) is 18.2 Å². The molecule has 0 aliphatic carbocycles. The second kappa shape index (κ2) is 8.90. The molecule has 9 heteroatoms. The third-order valence-electron chi connectivity index (χ3n) is 5.74. The molecule has 1 fully saturated rings. The molecule has 3 aromatic carbocycles.